The van der Waals surface area contributed by atoms with E-state index in [9.17, 15) is 0 Å². The second-order valence-corrected chi connectivity index (χ2v) is 1.61. The van der Waals surface area contributed by atoms with E-state index in [2.05, 4.69) is 25.3 Å². The van der Waals surface area contributed by atoms with Gasteiger partial charge in [0.05, 0.1) is 0 Å². The summed E-state index contributed by atoms with van der Waals surface area (Å²) in [5.74, 6) is -2.97. The summed E-state index contributed by atoms with van der Waals surface area (Å²) in [5, 5.41) is 18.3. The Balaban J connectivity index is -0.0000000267. The van der Waals surface area contributed by atoms with Crippen molar-refractivity contribution in [3.05, 3.63) is 0 Å². The van der Waals surface area contributed by atoms with Crippen molar-refractivity contribution in [3.63, 3.8) is 0 Å². The fourth-order valence-electron chi connectivity index (χ4n) is 0. The molecule has 0 atom stereocenters. The first kappa shape index (κ1) is 29.5. The van der Waals surface area contributed by atoms with Gasteiger partial charge in [-0.05, 0) is 0 Å². The van der Waals surface area contributed by atoms with Gasteiger partial charge in [-0.3, -0.25) is 0 Å². The Labute approximate surface area is 148 Å². The first-order valence-electron chi connectivity index (χ1n) is 2.10. The topological polar surface area (TPSA) is 80.3 Å². The van der Waals surface area contributed by atoms with E-state index in [-0.39, 0.29) is 94.0 Å². The molecule has 0 aliphatic carbocycles. The van der Waals surface area contributed by atoms with E-state index in [0.717, 1.165) is 0 Å². The monoisotopic (exact) mass is 614 g/mol. The number of aliphatic carboxylic acids is 2. The molecule has 0 amide bonds. The van der Waals surface area contributed by atoms with Crippen LogP contribution in [0.2, 0.25) is 0 Å². The van der Waals surface area contributed by atoms with E-state index in [1.165, 1.54) is 0 Å². The molecule has 0 bridgehead atoms. The Morgan fingerprint density at radius 3 is 1.00 bits per heavy atom. The summed E-state index contributed by atoms with van der Waals surface area (Å²) in [6, 6.07) is 0. The van der Waals surface area contributed by atoms with Gasteiger partial charge in [0.1, 0.15) is 0 Å². The van der Waals surface area contributed by atoms with Crippen molar-refractivity contribution in [2.24, 2.45) is 0 Å². The maximum Gasteiger partial charge on any atom is 2.00 e. The van der Waals surface area contributed by atoms with E-state index in [0.29, 0.717) is 0 Å². The normalized spacial score (nSPS) is 5.69. The first-order chi connectivity index (χ1) is 4.54. The van der Waals surface area contributed by atoms with Crippen molar-refractivity contribution in [1.29, 1.82) is 0 Å². The third-order valence-corrected chi connectivity index (χ3v) is 0.707. The van der Waals surface area contributed by atoms with Crippen molar-refractivity contribution in [2.45, 2.75) is 0 Å². The van der Waals surface area contributed by atoms with Crippen molar-refractivity contribution >= 4 is 74.9 Å². The predicted molar refractivity (Wildman–Crippen MR) is 40.2 cm³/mol. The van der Waals surface area contributed by atoms with Gasteiger partial charge in [0, 0.05) is 11.9 Å². The van der Waals surface area contributed by atoms with Crippen molar-refractivity contribution < 1.29 is 64.6 Å². The maximum absolute atomic E-state index is 9.15. The van der Waals surface area contributed by atoms with Crippen LogP contribution in [0, 0.1) is 0 Å². The number of carbonyl (C=O) groups is 2. The zero-order valence-electron chi connectivity index (χ0n) is 6.17. The van der Waals surface area contributed by atoms with Gasteiger partial charge in [0.15, 0.2) is 0 Å². The first-order valence-corrected chi connectivity index (χ1v) is 3.26. The van der Waals surface area contributed by atoms with Crippen molar-refractivity contribution in [1.82, 2.24) is 0 Å². The molecule has 13 heavy (non-hydrogen) atoms. The second-order valence-electron chi connectivity index (χ2n) is 1.03. The minimum Gasteiger partial charge on any atom is -0.787 e. The van der Waals surface area contributed by atoms with Gasteiger partial charge >= 0.3 is 82.5 Å². The summed E-state index contributed by atoms with van der Waals surface area (Å²) in [6.45, 7) is 0. The van der Waals surface area contributed by atoms with Gasteiger partial charge in [-0.15, -0.1) is 11.5 Å². The molecule has 0 heterocycles. The summed E-state index contributed by atoms with van der Waals surface area (Å²) in [5.41, 5.74) is 0. The van der Waals surface area contributed by atoms with Gasteiger partial charge < -0.3 is 45.1 Å². The molecular formula is C4H4Au2CaO4S2. The Morgan fingerprint density at radius 1 is 0.923 bits per heavy atom. The fourth-order valence-corrected chi connectivity index (χ4v) is 0. The Hall–Kier alpha value is 2.38. The van der Waals surface area contributed by atoms with Crippen LogP contribution in [0.25, 0.3) is 0 Å². The number of carboxylic acid groups (broad SMARTS) is 2. The Kier molecular flexibility index (Phi) is 54.3. The number of carbonyl (C=O) groups excluding carboxylic acids is 2. The molecule has 4 nitrogen and oxygen atoms in total. The van der Waals surface area contributed by atoms with Crippen LogP contribution in [0.1, 0.15) is 0 Å². The molecule has 0 radical (unpaired) electrons. The number of carboxylic acids is 2. The number of hydrogen-bond acceptors (Lipinski definition) is 6. The van der Waals surface area contributed by atoms with Crippen LogP contribution in [0.15, 0.2) is 0 Å². The predicted octanol–water partition coefficient (Wildman–Crippen LogP) is -3.82. The average Bonchev–Trinajstić information content (AvgIpc) is 1.89. The van der Waals surface area contributed by atoms with Gasteiger partial charge in [-0.25, -0.2) is 0 Å². The van der Waals surface area contributed by atoms with Crippen LogP contribution in [0.3, 0.4) is 0 Å². The summed E-state index contributed by atoms with van der Waals surface area (Å²) in [7, 11) is 0. The number of hydrogen-bond donors (Lipinski definition) is 0. The minimum absolute atomic E-state index is 0. The minimum atomic E-state index is -1.18. The fraction of sp³-hybridized carbons (Fsp3) is 0.500. The molecule has 9 heteroatoms. The second kappa shape index (κ2) is 23.9. The Morgan fingerprint density at radius 2 is 1.00 bits per heavy atom. The van der Waals surface area contributed by atoms with Crippen molar-refractivity contribution in [3.8, 4) is 0 Å². The molecule has 0 aliphatic heterocycles. The molecule has 0 aromatic carbocycles. The standard InChI is InChI=1S/2C2H4O2S.2Au.Ca/c2*3-2(4)1-5;;;/h2*5H,1H2,(H,3,4);;;/q;;2*+1;+2/p-4. The van der Waals surface area contributed by atoms with Crippen LogP contribution < -0.4 is 10.2 Å². The van der Waals surface area contributed by atoms with E-state index in [4.69, 9.17) is 19.8 Å². The molecule has 80 valence electrons. The quantitative estimate of drug-likeness (QED) is 0.235. The largest absolute Gasteiger partial charge is 2.00 e. The van der Waals surface area contributed by atoms with Gasteiger partial charge in [0.25, 0.3) is 0 Å². The van der Waals surface area contributed by atoms with E-state index in [1.807, 2.05) is 0 Å². The van der Waals surface area contributed by atoms with Crippen LogP contribution in [-0.4, -0.2) is 61.2 Å². The summed E-state index contributed by atoms with van der Waals surface area (Å²) in [6.07, 6.45) is 0. The van der Waals surface area contributed by atoms with Gasteiger partial charge in [0.2, 0.25) is 0 Å². The van der Waals surface area contributed by atoms with Crippen LogP contribution in [-0.2, 0) is 79.6 Å². The third-order valence-electron chi connectivity index (χ3n) is 0.236. The van der Waals surface area contributed by atoms with Gasteiger partial charge in [-0.2, -0.15) is 0 Å². The van der Waals surface area contributed by atoms with Crippen LogP contribution in [0.5, 0.6) is 0 Å². The van der Waals surface area contributed by atoms with Crippen LogP contribution >= 0.6 is 0 Å². The molecule has 0 saturated heterocycles. The SMILES string of the molecule is O=C([O-])C[S-].O=C([O-])C[S-].[Au+].[Au+].[Ca+2]. The van der Waals surface area contributed by atoms with E-state index < -0.39 is 11.9 Å². The number of rotatable bonds is 2. The molecular weight excluding hydrogens is 610 g/mol. The zero-order valence-corrected chi connectivity index (χ0v) is 14.3. The van der Waals surface area contributed by atoms with Gasteiger partial charge in [-0.1, -0.05) is 0 Å². The third kappa shape index (κ3) is 54.1. The summed E-state index contributed by atoms with van der Waals surface area (Å²) < 4.78 is 0. The molecule has 0 N–H and O–H groups in total. The smallest absolute Gasteiger partial charge is 0.787 e. The summed E-state index contributed by atoms with van der Waals surface area (Å²) >= 11 is 8.03. The Bertz CT molecular complexity index is 113. The molecule has 0 saturated carbocycles. The zero-order chi connectivity index (χ0) is 8.57. The average molecular weight is 614 g/mol. The molecule has 0 aromatic heterocycles. The molecule has 0 aliphatic rings. The molecule has 0 unspecified atom stereocenters. The van der Waals surface area contributed by atoms with Crippen LogP contribution in [0.4, 0.5) is 0 Å². The van der Waals surface area contributed by atoms with E-state index in [1.54, 1.807) is 0 Å². The maximum atomic E-state index is 9.15. The molecule has 0 fully saturated rings. The van der Waals surface area contributed by atoms with E-state index >= 15 is 0 Å². The molecule has 0 spiro atoms. The van der Waals surface area contributed by atoms with Crippen molar-refractivity contribution in [2.75, 3.05) is 11.5 Å². The molecule has 0 rings (SSSR count). The summed E-state index contributed by atoms with van der Waals surface area (Å²) in [4.78, 5) is 18.3. The molecule has 0 aromatic rings.